The van der Waals surface area contributed by atoms with Crippen LogP contribution in [0.15, 0.2) is 42.5 Å². The smallest absolute Gasteiger partial charge is 0.430 e. The number of carbonyl (C=O) groups is 2. The molecule has 0 bridgehead atoms. The molecule has 7 heteroatoms. The maximum Gasteiger partial charge on any atom is 0.508 e. The lowest BCUT2D eigenvalue weighted by atomic mass is 9.82. The molecule has 1 amide bonds. The lowest BCUT2D eigenvalue weighted by molar-refractivity contribution is -0.159. The Hall–Kier alpha value is -2.38. The summed E-state index contributed by atoms with van der Waals surface area (Å²) in [7, 11) is 0. The Balaban J connectivity index is 1.43. The van der Waals surface area contributed by atoms with Crippen LogP contribution in [0.2, 0.25) is 0 Å². The van der Waals surface area contributed by atoms with Crippen molar-refractivity contribution < 1.29 is 28.5 Å². The zero-order valence-corrected chi connectivity index (χ0v) is 16.1. The van der Waals surface area contributed by atoms with Crippen LogP contribution in [0.1, 0.15) is 31.7 Å². The van der Waals surface area contributed by atoms with Gasteiger partial charge in [0.25, 0.3) is 0 Å². The maximum absolute atomic E-state index is 12.0. The van der Waals surface area contributed by atoms with E-state index in [0.29, 0.717) is 6.61 Å². The predicted octanol–water partition coefficient (Wildman–Crippen LogP) is 2.94. The predicted molar refractivity (Wildman–Crippen MR) is 101 cm³/mol. The van der Waals surface area contributed by atoms with Crippen LogP contribution in [0.4, 0.5) is 4.79 Å². The maximum atomic E-state index is 12.0. The largest absolute Gasteiger partial charge is 0.508 e. The highest BCUT2D eigenvalue weighted by atomic mass is 16.7. The molecule has 0 spiro atoms. The summed E-state index contributed by atoms with van der Waals surface area (Å²) in [6.45, 7) is 6.81. The molecule has 0 radical (unpaired) electrons. The van der Waals surface area contributed by atoms with Crippen molar-refractivity contribution in [2.24, 2.45) is 5.92 Å². The summed E-state index contributed by atoms with van der Waals surface area (Å²) in [4.78, 5) is 24.0. The normalized spacial score (nSPS) is 25.2. The van der Waals surface area contributed by atoms with E-state index in [4.69, 9.17) is 18.9 Å². The molecule has 4 atom stereocenters. The van der Waals surface area contributed by atoms with Gasteiger partial charge in [0.1, 0.15) is 12.7 Å². The van der Waals surface area contributed by atoms with Gasteiger partial charge in [-0.25, -0.2) is 4.79 Å². The average molecular weight is 389 g/mol. The van der Waals surface area contributed by atoms with E-state index in [9.17, 15) is 9.59 Å². The molecule has 1 aromatic rings. The minimum atomic E-state index is -0.799. The SMILES string of the molecule is C=C(COC1CCCCO1)[C@H]1NC(=O)[C@@H]1[C@@H](C)OC(=O)OCc1ccccc1. The van der Waals surface area contributed by atoms with Crippen molar-refractivity contribution in [1.29, 1.82) is 0 Å². The fourth-order valence-corrected chi connectivity index (χ4v) is 3.34. The van der Waals surface area contributed by atoms with E-state index in [2.05, 4.69) is 11.9 Å². The fourth-order valence-electron chi connectivity index (χ4n) is 3.34. The summed E-state index contributed by atoms with van der Waals surface area (Å²) in [5.74, 6) is -0.684. The summed E-state index contributed by atoms with van der Waals surface area (Å²) in [5.41, 5.74) is 1.59. The highest BCUT2D eigenvalue weighted by Gasteiger charge is 2.46. The molecule has 2 aliphatic rings. The van der Waals surface area contributed by atoms with Gasteiger partial charge in [-0.3, -0.25) is 4.79 Å². The fraction of sp³-hybridized carbons (Fsp3) is 0.524. The Kier molecular flexibility index (Phi) is 7.06. The molecule has 1 unspecified atom stereocenters. The second kappa shape index (κ2) is 9.71. The third kappa shape index (κ3) is 5.33. The molecule has 2 fully saturated rings. The van der Waals surface area contributed by atoms with Crippen LogP contribution in [-0.2, 0) is 30.3 Å². The quantitative estimate of drug-likeness (QED) is 0.418. The molecule has 1 N–H and O–H groups in total. The first-order chi connectivity index (χ1) is 13.5. The first-order valence-corrected chi connectivity index (χ1v) is 9.63. The third-order valence-corrected chi connectivity index (χ3v) is 4.98. The molecule has 152 valence electrons. The van der Waals surface area contributed by atoms with Crippen LogP contribution >= 0.6 is 0 Å². The summed E-state index contributed by atoms with van der Waals surface area (Å²) < 4.78 is 21.7. The van der Waals surface area contributed by atoms with Gasteiger partial charge in [-0.1, -0.05) is 36.9 Å². The number of carbonyl (C=O) groups excluding carboxylic acids is 2. The lowest BCUT2D eigenvalue weighted by Gasteiger charge is -2.40. The third-order valence-electron chi connectivity index (χ3n) is 4.98. The molecule has 3 rings (SSSR count). The Morgan fingerprint density at radius 3 is 2.79 bits per heavy atom. The topological polar surface area (TPSA) is 83.1 Å². The highest BCUT2D eigenvalue weighted by Crippen LogP contribution is 2.27. The summed E-state index contributed by atoms with van der Waals surface area (Å²) >= 11 is 0. The van der Waals surface area contributed by atoms with E-state index >= 15 is 0 Å². The summed E-state index contributed by atoms with van der Waals surface area (Å²) in [5, 5.41) is 2.80. The van der Waals surface area contributed by atoms with Crippen molar-refractivity contribution in [3.8, 4) is 0 Å². The van der Waals surface area contributed by atoms with E-state index in [1.54, 1.807) is 6.92 Å². The van der Waals surface area contributed by atoms with Crippen LogP contribution in [0.5, 0.6) is 0 Å². The zero-order chi connectivity index (χ0) is 19.9. The van der Waals surface area contributed by atoms with E-state index in [1.807, 2.05) is 30.3 Å². The highest BCUT2D eigenvalue weighted by molar-refractivity contribution is 5.88. The van der Waals surface area contributed by atoms with Crippen molar-refractivity contribution in [2.45, 2.75) is 51.2 Å². The Morgan fingerprint density at radius 2 is 2.11 bits per heavy atom. The standard InChI is InChI=1S/C21H27NO6/c1-14(12-26-17-10-6-7-11-25-17)19-18(20(23)22-19)15(2)28-21(24)27-13-16-8-4-3-5-9-16/h3-5,8-9,15,17-19H,1,6-7,10-13H2,2H3,(H,22,23)/t15-,17?,18-,19-/m1/s1. The minimum absolute atomic E-state index is 0.120. The van der Waals surface area contributed by atoms with Crippen molar-refractivity contribution in [2.75, 3.05) is 13.2 Å². The monoisotopic (exact) mass is 389 g/mol. The Labute approximate surface area is 165 Å². The van der Waals surface area contributed by atoms with Crippen molar-refractivity contribution in [3.05, 3.63) is 48.0 Å². The van der Waals surface area contributed by atoms with Crippen LogP contribution in [0, 0.1) is 5.92 Å². The van der Waals surface area contributed by atoms with Crippen molar-refractivity contribution in [1.82, 2.24) is 5.32 Å². The summed E-state index contributed by atoms with van der Waals surface area (Å²) in [6, 6.07) is 9.02. The lowest BCUT2D eigenvalue weighted by Crippen LogP contribution is -2.63. The van der Waals surface area contributed by atoms with Gasteiger partial charge in [-0.15, -0.1) is 0 Å². The van der Waals surface area contributed by atoms with Gasteiger partial charge in [0, 0.05) is 6.61 Å². The van der Waals surface area contributed by atoms with Gasteiger partial charge in [0.15, 0.2) is 6.29 Å². The van der Waals surface area contributed by atoms with E-state index in [-0.39, 0.29) is 31.5 Å². The number of benzene rings is 1. The van der Waals surface area contributed by atoms with Gasteiger partial charge in [-0.2, -0.15) is 0 Å². The van der Waals surface area contributed by atoms with Crippen molar-refractivity contribution >= 4 is 12.1 Å². The van der Waals surface area contributed by atoms with E-state index < -0.39 is 18.2 Å². The number of rotatable bonds is 8. The molecule has 28 heavy (non-hydrogen) atoms. The number of β-lactam (4-membered cyclic amide) rings is 1. The van der Waals surface area contributed by atoms with Gasteiger partial charge in [-0.05, 0) is 37.3 Å². The van der Waals surface area contributed by atoms with E-state index in [1.165, 1.54) is 0 Å². The summed E-state index contributed by atoms with van der Waals surface area (Å²) in [6.07, 6.45) is 1.34. The van der Waals surface area contributed by atoms with Crippen LogP contribution in [0.25, 0.3) is 0 Å². The number of amides is 1. The second-order valence-electron chi connectivity index (χ2n) is 7.12. The van der Waals surface area contributed by atoms with Crippen LogP contribution in [0.3, 0.4) is 0 Å². The number of nitrogens with one attached hydrogen (secondary N) is 1. The molecule has 2 saturated heterocycles. The Morgan fingerprint density at radius 1 is 1.32 bits per heavy atom. The number of ether oxygens (including phenoxy) is 4. The minimum Gasteiger partial charge on any atom is -0.430 e. The number of hydrogen-bond donors (Lipinski definition) is 1. The van der Waals surface area contributed by atoms with Crippen LogP contribution in [-0.4, -0.2) is 43.7 Å². The zero-order valence-electron chi connectivity index (χ0n) is 16.1. The van der Waals surface area contributed by atoms with E-state index in [0.717, 1.165) is 30.4 Å². The number of hydrogen-bond acceptors (Lipinski definition) is 6. The molecular formula is C21H27NO6. The van der Waals surface area contributed by atoms with Crippen LogP contribution < -0.4 is 5.32 Å². The molecule has 7 nitrogen and oxygen atoms in total. The van der Waals surface area contributed by atoms with Gasteiger partial charge >= 0.3 is 6.16 Å². The molecular weight excluding hydrogens is 362 g/mol. The first kappa shape index (κ1) is 20.4. The molecule has 0 saturated carbocycles. The molecule has 0 aliphatic carbocycles. The first-order valence-electron chi connectivity index (χ1n) is 9.63. The van der Waals surface area contributed by atoms with Gasteiger partial charge in [0.2, 0.25) is 5.91 Å². The second-order valence-corrected chi connectivity index (χ2v) is 7.12. The Bertz CT molecular complexity index is 685. The molecule has 2 aliphatic heterocycles. The molecule has 2 heterocycles. The average Bonchev–Trinajstić information content (AvgIpc) is 2.70. The molecule has 0 aromatic heterocycles. The molecule has 1 aromatic carbocycles. The van der Waals surface area contributed by atoms with Gasteiger partial charge < -0.3 is 24.3 Å². The van der Waals surface area contributed by atoms with Crippen molar-refractivity contribution in [3.63, 3.8) is 0 Å². The van der Waals surface area contributed by atoms with Gasteiger partial charge in [0.05, 0.1) is 18.6 Å².